The van der Waals surface area contributed by atoms with E-state index in [4.69, 9.17) is 9.47 Å². The van der Waals surface area contributed by atoms with Crippen LogP contribution in [0.4, 0.5) is 0 Å². The Balaban J connectivity index is 3.06. The zero-order valence-corrected chi connectivity index (χ0v) is 10.3. The summed E-state index contributed by atoms with van der Waals surface area (Å²) in [6.45, 7) is 3.28. The Kier molecular flexibility index (Phi) is 8.98. The van der Waals surface area contributed by atoms with Crippen LogP contribution in [0.1, 0.15) is 6.42 Å². The molecule has 92 valence electrons. The van der Waals surface area contributed by atoms with E-state index >= 15 is 0 Å². The summed E-state index contributed by atoms with van der Waals surface area (Å²) in [6.07, 6.45) is 1.90. The second kappa shape index (κ2) is 9.08. The van der Waals surface area contributed by atoms with E-state index in [0.717, 1.165) is 6.54 Å². The van der Waals surface area contributed by atoms with Crippen molar-refractivity contribution >= 4 is 9.84 Å². The molecule has 0 rings (SSSR count). The standard InChI is InChI=1S/C9H21NO4S/c1-13-7-8-14-6-5-10-4-3-9-15(2,11)12/h10H,3-9H2,1-2H3. The van der Waals surface area contributed by atoms with E-state index in [1.165, 1.54) is 6.26 Å². The number of ether oxygens (including phenoxy) is 2. The van der Waals surface area contributed by atoms with Crippen molar-refractivity contribution in [2.75, 3.05) is 52.0 Å². The molecule has 0 aliphatic carbocycles. The summed E-state index contributed by atoms with van der Waals surface area (Å²) in [6, 6.07) is 0. The fourth-order valence-corrected chi connectivity index (χ4v) is 1.64. The van der Waals surface area contributed by atoms with Gasteiger partial charge in [0, 0.05) is 19.9 Å². The second-order valence-electron chi connectivity index (χ2n) is 3.34. The zero-order chi connectivity index (χ0) is 11.6. The van der Waals surface area contributed by atoms with Crippen LogP contribution in [0.25, 0.3) is 0 Å². The molecule has 0 saturated carbocycles. The molecule has 0 radical (unpaired) electrons. The molecule has 0 aliphatic rings. The van der Waals surface area contributed by atoms with E-state index in [0.29, 0.717) is 32.8 Å². The van der Waals surface area contributed by atoms with Gasteiger partial charge >= 0.3 is 0 Å². The van der Waals surface area contributed by atoms with Gasteiger partial charge in [-0.3, -0.25) is 0 Å². The summed E-state index contributed by atoms with van der Waals surface area (Å²) in [7, 11) is -1.18. The Morgan fingerprint density at radius 3 is 2.47 bits per heavy atom. The van der Waals surface area contributed by atoms with Crippen molar-refractivity contribution in [2.45, 2.75) is 6.42 Å². The predicted octanol–water partition coefficient (Wildman–Crippen LogP) is -0.326. The van der Waals surface area contributed by atoms with Gasteiger partial charge in [0.05, 0.1) is 25.6 Å². The molecule has 15 heavy (non-hydrogen) atoms. The molecule has 0 unspecified atom stereocenters. The zero-order valence-electron chi connectivity index (χ0n) is 9.49. The molecule has 0 saturated heterocycles. The Morgan fingerprint density at radius 2 is 1.87 bits per heavy atom. The monoisotopic (exact) mass is 239 g/mol. The lowest BCUT2D eigenvalue weighted by Crippen LogP contribution is -2.23. The Bertz CT molecular complexity index is 228. The van der Waals surface area contributed by atoms with Gasteiger partial charge in [0.25, 0.3) is 0 Å². The molecule has 0 aromatic heterocycles. The highest BCUT2D eigenvalue weighted by atomic mass is 32.2. The van der Waals surface area contributed by atoms with Gasteiger partial charge in [0.15, 0.2) is 0 Å². The molecule has 0 aromatic carbocycles. The molecule has 0 aliphatic heterocycles. The molecule has 6 heteroatoms. The smallest absolute Gasteiger partial charge is 0.147 e. The van der Waals surface area contributed by atoms with Crippen LogP contribution in [-0.2, 0) is 19.3 Å². The Hall–Kier alpha value is -0.170. The summed E-state index contributed by atoms with van der Waals surface area (Å²) >= 11 is 0. The van der Waals surface area contributed by atoms with Gasteiger partial charge in [0.2, 0.25) is 0 Å². The van der Waals surface area contributed by atoms with Crippen LogP contribution in [0.5, 0.6) is 0 Å². The van der Waals surface area contributed by atoms with Crippen LogP contribution in [0, 0.1) is 0 Å². The molecule has 1 N–H and O–H groups in total. The third kappa shape index (κ3) is 13.8. The van der Waals surface area contributed by atoms with Crippen LogP contribution in [-0.4, -0.2) is 60.4 Å². The summed E-state index contributed by atoms with van der Waals surface area (Å²) < 4.78 is 31.6. The number of hydrogen-bond acceptors (Lipinski definition) is 5. The van der Waals surface area contributed by atoms with Crippen molar-refractivity contribution in [1.29, 1.82) is 0 Å². The van der Waals surface area contributed by atoms with Gasteiger partial charge in [0.1, 0.15) is 9.84 Å². The maximum atomic E-state index is 10.8. The van der Waals surface area contributed by atoms with Crippen LogP contribution in [0.2, 0.25) is 0 Å². The highest BCUT2D eigenvalue weighted by Gasteiger charge is 2.00. The number of rotatable bonds is 10. The van der Waals surface area contributed by atoms with Crippen molar-refractivity contribution in [3.05, 3.63) is 0 Å². The fourth-order valence-electron chi connectivity index (χ4n) is 0.973. The van der Waals surface area contributed by atoms with Crippen LogP contribution >= 0.6 is 0 Å². The number of hydrogen-bond donors (Lipinski definition) is 1. The average Bonchev–Trinajstić information content (AvgIpc) is 2.14. The van der Waals surface area contributed by atoms with Gasteiger partial charge in [-0.25, -0.2) is 8.42 Å². The lowest BCUT2D eigenvalue weighted by atomic mass is 10.5. The molecule has 0 atom stereocenters. The minimum absolute atomic E-state index is 0.241. The first kappa shape index (κ1) is 14.8. The Labute approximate surface area is 92.1 Å². The minimum Gasteiger partial charge on any atom is -0.382 e. The van der Waals surface area contributed by atoms with Crippen LogP contribution < -0.4 is 5.32 Å². The third-order valence-electron chi connectivity index (χ3n) is 1.72. The molecule has 5 nitrogen and oxygen atoms in total. The van der Waals surface area contributed by atoms with E-state index in [1.54, 1.807) is 7.11 Å². The van der Waals surface area contributed by atoms with Gasteiger partial charge in [-0.15, -0.1) is 0 Å². The van der Waals surface area contributed by atoms with Crippen molar-refractivity contribution in [3.8, 4) is 0 Å². The summed E-state index contributed by atoms with van der Waals surface area (Å²) in [4.78, 5) is 0. The summed E-state index contributed by atoms with van der Waals surface area (Å²) in [5.74, 6) is 0.241. The van der Waals surface area contributed by atoms with Gasteiger partial charge in [-0.1, -0.05) is 0 Å². The molecular formula is C9H21NO4S. The topological polar surface area (TPSA) is 64.6 Å². The maximum Gasteiger partial charge on any atom is 0.147 e. The first-order valence-corrected chi connectivity index (χ1v) is 7.07. The van der Waals surface area contributed by atoms with Crippen LogP contribution in [0.3, 0.4) is 0 Å². The normalized spacial score (nSPS) is 11.9. The van der Waals surface area contributed by atoms with E-state index in [-0.39, 0.29) is 5.75 Å². The molecule has 0 amide bonds. The maximum absolute atomic E-state index is 10.8. The quantitative estimate of drug-likeness (QED) is 0.529. The fraction of sp³-hybridized carbons (Fsp3) is 1.00. The van der Waals surface area contributed by atoms with Gasteiger partial charge in [-0.2, -0.15) is 0 Å². The third-order valence-corrected chi connectivity index (χ3v) is 2.75. The second-order valence-corrected chi connectivity index (χ2v) is 5.60. The Morgan fingerprint density at radius 1 is 1.13 bits per heavy atom. The first-order chi connectivity index (χ1) is 7.06. The molecule has 0 fully saturated rings. The van der Waals surface area contributed by atoms with Crippen molar-refractivity contribution in [2.24, 2.45) is 0 Å². The summed E-state index contributed by atoms with van der Waals surface area (Å²) in [5.41, 5.74) is 0. The predicted molar refractivity (Wildman–Crippen MR) is 59.9 cm³/mol. The average molecular weight is 239 g/mol. The molecular weight excluding hydrogens is 218 g/mol. The van der Waals surface area contributed by atoms with Crippen molar-refractivity contribution in [3.63, 3.8) is 0 Å². The molecule has 0 spiro atoms. The van der Waals surface area contributed by atoms with Crippen molar-refractivity contribution in [1.82, 2.24) is 5.32 Å². The number of sulfone groups is 1. The number of methoxy groups -OCH3 is 1. The van der Waals surface area contributed by atoms with Gasteiger partial charge < -0.3 is 14.8 Å². The van der Waals surface area contributed by atoms with E-state index < -0.39 is 9.84 Å². The van der Waals surface area contributed by atoms with E-state index in [1.807, 2.05) is 0 Å². The van der Waals surface area contributed by atoms with Crippen molar-refractivity contribution < 1.29 is 17.9 Å². The minimum atomic E-state index is -2.82. The largest absolute Gasteiger partial charge is 0.382 e. The molecule has 0 bridgehead atoms. The lowest BCUT2D eigenvalue weighted by molar-refractivity contribution is 0.0720. The van der Waals surface area contributed by atoms with E-state index in [2.05, 4.69) is 5.32 Å². The van der Waals surface area contributed by atoms with Crippen LogP contribution in [0.15, 0.2) is 0 Å². The highest BCUT2D eigenvalue weighted by Crippen LogP contribution is 1.86. The lowest BCUT2D eigenvalue weighted by Gasteiger charge is -2.05. The van der Waals surface area contributed by atoms with E-state index in [9.17, 15) is 8.42 Å². The molecule has 0 heterocycles. The SMILES string of the molecule is COCCOCCNCCCS(C)(=O)=O. The molecule has 0 aromatic rings. The summed E-state index contributed by atoms with van der Waals surface area (Å²) in [5, 5.41) is 3.10. The highest BCUT2D eigenvalue weighted by molar-refractivity contribution is 7.90. The van der Waals surface area contributed by atoms with Gasteiger partial charge in [-0.05, 0) is 13.0 Å². The number of nitrogens with one attached hydrogen (secondary N) is 1. The first-order valence-electron chi connectivity index (χ1n) is 5.01.